The lowest BCUT2D eigenvalue weighted by Crippen LogP contribution is -2.10. The molecule has 0 saturated heterocycles. The molecule has 0 amide bonds. The van der Waals surface area contributed by atoms with E-state index in [0.717, 1.165) is 0 Å². The van der Waals surface area contributed by atoms with Crippen molar-refractivity contribution in [3.8, 4) is 0 Å². The summed E-state index contributed by atoms with van der Waals surface area (Å²) in [4.78, 5) is 11.5. The highest BCUT2D eigenvalue weighted by Crippen LogP contribution is 2.29. The fraction of sp³-hybridized carbons (Fsp3) is 0.300. The van der Waals surface area contributed by atoms with Gasteiger partial charge in [-0.05, 0) is 19.1 Å². The number of esters is 1. The first-order valence-corrected chi connectivity index (χ1v) is 5.31. The number of anilines is 1. The minimum atomic E-state index is -0.618. The maximum absolute atomic E-state index is 11.5. The van der Waals surface area contributed by atoms with E-state index in [9.17, 15) is 4.79 Å². The smallest absolute Gasteiger partial charge is 0.341 e. The molecule has 1 rings (SSSR count). The molecule has 0 fully saturated rings. The van der Waals surface area contributed by atoms with Crippen LogP contribution in [-0.2, 0) is 9.47 Å². The molecule has 1 aromatic carbocycles. The van der Waals surface area contributed by atoms with Crippen LogP contribution in [0.25, 0.3) is 0 Å². The number of rotatable bonds is 4. The normalized spacial score (nSPS) is 10.2. The third-order valence-corrected chi connectivity index (χ3v) is 2.55. The Balaban J connectivity index is 2.82. The molecule has 0 spiro atoms. The van der Waals surface area contributed by atoms with Crippen LogP contribution in [0.3, 0.4) is 0 Å². The fourth-order valence-corrected chi connectivity index (χ4v) is 1.43. The third-order valence-electron chi connectivity index (χ3n) is 1.75. The van der Waals surface area contributed by atoms with Gasteiger partial charge in [-0.1, -0.05) is 23.2 Å². The van der Waals surface area contributed by atoms with Crippen LogP contribution >= 0.6 is 23.2 Å². The van der Waals surface area contributed by atoms with Crippen LogP contribution in [0.1, 0.15) is 17.3 Å². The molecule has 4 nitrogen and oxygen atoms in total. The molecule has 2 N–H and O–H groups in total. The third kappa shape index (κ3) is 3.27. The van der Waals surface area contributed by atoms with E-state index in [4.69, 9.17) is 38.4 Å². The van der Waals surface area contributed by atoms with Crippen LogP contribution in [0, 0.1) is 0 Å². The van der Waals surface area contributed by atoms with E-state index in [-0.39, 0.29) is 22.4 Å². The van der Waals surface area contributed by atoms with Crippen molar-refractivity contribution in [2.45, 2.75) is 6.92 Å². The Kier molecular flexibility index (Phi) is 4.86. The molecular weight excluding hydrogens is 253 g/mol. The highest BCUT2D eigenvalue weighted by atomic mass is 35.5. The van der Waals surface area contributed by atoms with Crippen molar-refractivity contribution >= 4 is 34.9 Å². The summed E-state index contributed by atoms with van der Waals surface area (Å²) in [5.74, 6) is -0.618. The van der Waals surface area contributed by atoms with Gasteiger partial charge in [-0.15, -0.1) is 0 Å². The van der Waals surface area contributed by atoms with Gasteiger partial charge in [0.15, 0.2) is 6.79 Å². The van der Waals surface area contributed by atoms with E-state index in [2.05, 4.69) is 0 Å². The zero-order chi connectivity index (χ0) is 12.1. The minimum absolute atomic E-state index is 0.123. The SMILES string of the molecule is CCOCOC(=O)c1cc(N)cc(Cl)c1Cl. The van der Waals surface area contributed by atoms with Gasteiger partial charge in [0.2, 0.25) is 0 Å². The molecule has 0 atom stereocenters. The number of hydrogen-bond donors (Lipinski definition) is 1. The molecule has 0 heterocycles. The number of halogens is 2. The molecule has 0 aliphatic carbocycles. The van der Waals surface area contributed by atoms with Gasteiger partial charge >= 0.3 is 5.97 Å². The number of nitrogen functional groups attached to an aromatic ring is 1. The van der Waals surface area contributed by atoms with Crippen LogP contribution < -0.4 is 5.73 Å². The van der Waals surface area contributed by atoms with Crippen molar-refractivity contribution in [1.82, 2.24) is 0 Å². The predicted octanol–water partition coefficient (Wildman–Crippen LogP) is 2.73. The number of ether oxygens (including phenoxy) is 2. The van der Waals surface area contributed by atoms with E-state index < -0.39 is 5.97 Å². The summed E-state index contributed by atoms with van der Waals surface area (Å²) < 4.78 is 9.68. The number of hydrogen-bond acceptors (Lipinski definition) is 4. The average molecular weight is 264 g/mol. The first-order chi connectivity index (χ1) is 7.56. The summed E-state index contributed by atoms with van der Waals surface area (Å²) in [7, 11) is 0. The highest BCUT2D eigenvalue weighted by Gasteiger charge is 2.15. The van der Waals surface area contributed by atoms with E-state index in [1.54, 1.807) is 6.92 Å². The molecule has 0 aliphatic rings. The fourth-order valence-electron chi connectivity index (χ4n) is 1.01. The summed E-state index contributed by atoms with van der Waals surface area (Å²) in [5, 5.41) is 0.336. The zero-order valence-electron chi connectivity index (χ0n) is 8.63. The van der Waals surface area contributed by atoms with Crippen molar-refractivity contribution < 1.29 is 14.3 Å². The molecule has 1 aromatic rings. The number of nitrogens with two attached hydrogens (primary N) is 1. The van der Waals surface area contributed by atoms with Crippen LogP contribution in [-0.4, -0.2) is 19.4 Å². The minimum Gasteiger partial charge on any atom is -0.435 e. The van der Waals surface area contributed by atoms with Gasteiger partial charge in [-0.3, -0.25) is 0 Å². The molecule has 0 aromatic heterocycles. The Bertz CT molecular complexity index is 396. The zero-order valence-corrected chi connectivity index (χ0v) is 10.1. The standard InChI is InChI=1S/C10H11Cl2NO3/c1-2-15-5-16-10(14)7-3-6(13)4-8(11)9(7)12/h3-4H,2,5,13H2,1H3. The van der Waals surface area contributed by atoms with Gasteiger partial charge in [0.1, 0.15) is 0 Å². The van der Waals surface area contributed by atoms with Crippen molar-refractivity contribution in [2.75, 3.05) is 19.1 Å². The first kappa shape index (κ1) is 13.1. The Labute approximate surface area is 103 Å². The average Bonchev–Trinajstić information content (AvgIpc) is 2.23. The molecule has 0 unspecified atom stereocenters. The molecular formula is C10H11Cl2NO3. The van der Waals surface area contributed by atoms with Gasteiger partial charge in [-0.25, -0.2) is 4.79 Å². The Morgan fingerprint density at radius 3 is 2.75 bits per heavy atom. The maximum Gasteiger partial charge on any atom is 0.341 e. The molecule has 88 valence electrons. The number of carbonyl (C=O) groups excluding carboxylic acids is 1. The Morgan fingerprint density at radius 2 is 2.12 bits per heavy atom. The largest absolute Gasteiger partial charge is 0.435 e. The van der Waals surface area contributed by atoms with Crippen molar-refractivity contribution in [1.29, 1.82) is 0 Å². The van der Waals surface area contributed by atoms with Crippen molar-refractivity contribution in [3.63, 3.8) is 0 Å². The molecule has 0 aliphatic heterocycles. The Morgan fingerprint density at radius 1 is 1.44 bits per heavy atom. The maximum atomic E-state index is 11.5. The number of carbonyl (C=O) groups is 1. The van der Waals surface area contributed by atoms with Gasteiger partial charge in [0.25, 0.3) is 0 Å². The van der Waals surface area contributed by atoms with Crippen LogP contribution in [0.15, 0.2) is 12.1 Å². The predicted molar refractivity (Wildman–Crippen MR) is 62.8 cm³/mol. The quantitative estimate of drug-likeness (QED) is 0.393. The van der Waals surface area contributed by atoms with Crippen molar-refractivity contribution in [3.05, 3.63) is 27.7 Å². The molecule has 16 heavy (non-hydrogen) atoms. The summed E-state index contributed by atoms with van der Waals surface area (Å²) in [6.45, 7) is 2.12. The van der Waals surface area contributed by atoms with Crippen LogP contribution in [0.5, 0.6) is 0 Å². The van der Waals surface area contributed by atoms with Gasteiger partial charge in [-0.2, -0.15) is 0 Å². The van der Waals surface area contributed by atoms with E-state index in [1.165, 1.54) is 12.1 Å². The number of benzene rings is 1. The van der Waals surface area contributed by atoms with E-state index in [1.807, 2.05) is 0 Å². The van der Waals surface area contributed by atoms with Gasteiger partial charge < -0.3 is 15.2 Å². The topological polar surface area (TPSA) is 61.5 Å². The lowest BCUT2D eigenvalue weighted by molar-refractivity contribution is -0.0274. The highest BCUT2D eigenvalue weighted by molar-refractivity contribution is 6.44. The van der Waals surface area contributed by atoms with Gasteiger partial charge in [0.05, 0.1) is 15.6 Å². The molecule has 0 bridgehead atoms. The second kappa shape index (κ2) is 5.94. The van der Waals surface area contributed by atoms with Gasteiger partial charge in [0, 0.05) is 12.3 Å². The summed E-state index contributed by atoms with van der Waals surface area (Å²) in [6.07, 6.45) is 0. The summed E-state index contributed by atoms with van der Waals surface area (Å²) >= 11 is 11.6. The second-order valence-corrected chi connectivity index (χ2v) is 3.69. The second-order valence-electron chi connectivity index (χ2n) is 2.91. The van der Waals surface area contributed by atoms with Crippen LogP contribution in [0.4, 0.5) is 5.69 Å². The lowest BCUT2D eigenvalue weighted by Gasteiger charge is -2.07. The molecule has 0 radical (unpaired) electrons. The monoisotopic (exact) mass is 263 g/mol. The van der Waals surface area contributed by atoms with Crippen LogP contribution in [0.2, 0.25) is 10.0 Å². The Hall–Kier alpha value is -0.970. The molecule has 0 saturated carbocycles. The molecule has 6 heteroatoms. The lowest BCUT2D eigenvalue weighted by atomic mass is 10.2. The van der Waals surface area contributed by atoms with E-state index in [0.29, 0.717) is 12.3 Å². The summed E-state index contributed by atoms with van der Waals surface area (Å²) in [6, 6.07) is 2.87. The van der Waals surface area contributed by atoms with E-state index >= 15 is 0 Å². The first-order valence-electron chi connectivity index (χ1n) is 4.55. The summed E-state index contributed by atoms with van der Waals surface area (Å²) in [5.41, 5.74) is 6.01. The van der Waals surface area contributed by atoms with Crippen molar-refractivity contribution in [2.24, 2.45) is 0 Å².